The van der Waals surface area contributed by atoms with E-state index >= 15 is 0 Å². The van der Waals surface area contributed by atoms with E-state index in [1.54, 1.807) is 0 Å². The largest absolute Gasteiger partial charge is 0.398 e. The highest BCUT2D eigenvalue weighted by molar-refractivity contribution is 9.10. The van der Waals surface area contributed by atoms with Crippen molar-refractivity contribution in [3.63, 3.8) is 0 Å². The standard InChI is InChI=1S/C16H9BrClF4N3O/c17-14-12(15(26)7-3-6(19)1-2-8(7)18)9(23)4-10-13(14)16(22)24-25(10)5-11(20)21/h1-4,11H,5,23H2. The summed E-state index contributed by atoms with van der Waals surface area (Å²) in [5.41, 5.74) is 5.42. The molecule has 4 nitrogen and oxygen atoms in total. The number of alkyl halides is 2. The lowest BCUT2D eigenvalue weighted by Crippen LogP contribution is -2.10. The number of rotatable bonds is 4. The van der Waals surface area contributed by atoms with Gasteiger partial charge in [-0.25, -0.2) is 13.2 Å². The van der Waals surface area contributed by atoms with Crippen LogP contribution in [0.25, 0.3) is 10.9 Å². The molecule has 0 aliphatic carbocycles. The van der Waals surface area contributed by atoms with Gasteiger partial charge in [0.15, 0.2) is 5.78 Å². The van der Waals surface area contributed by atoms with Gasteiger partial charge in [0, 0.05) is 15.7 Å². The number of anilines is 1. The molecular weight excluding hydrogens is 442 g/mol. The number of fused-ring (bicyclic) bond motifs is 1. The van der Waals surface area contributed by atoms with Gasteiger partial charge >= 0.3 is 0 Å². The second-order valence-electron chi connectivity index (χ2n) is 5.37. The summed E-state index contributed by atoms with van der Waals surface area (Å²) in [6.07, 6.45) is -2.76. The minimum Gasteiger partial charge on any atom is -0.398 e. The summed E-state index contributed by atoms with van der Waals surface area (Å²) in [4.78, 5) is 12.8. The van der Waals surface area contributed by atoms with Crippen molar-refractivity contribution in [2.75, 3.05) is 5.73 Å². The number of benzene rings is 2. The molecule has 0 amide bonds. The molecule has 3 aromatic rings. The summed E-state index contributed by atoms with van der Waals surface area (Å²) in [5.74, 6) is -2.49. The number of nitrogens with two attached hydrogens (primary N) is 1. The average molecular weight is 451 g/mol. The number of hydrogen-bond acceptors (Lipinski definition) is 3. The third kappa shape index (κ3) is 3.16. The van der Waals surface area contributed by atoms with Crippen molar-refractivity contribution in [1.82, 2.24) is 9.78 Å². The van der Waals surface area contributed by atoms with Crippen LogP contribution in [0.4, 0.5) is 23.2 Å². The van der Waals surface area contributed by atoms with Gasteiger partial charge in [-0.3, -0.25) is 9.48 Å². The number of hydrogen-bond donors (Lipinski definition) is 1. The molecule has 0 saturated heterocycles. The maximum Gasteiger partial charge on any atom is 0.257 e. The third-order valence-corrected chi connectivity index (χ3v) is 4.80. The molecule has 0 radical (unpaired) electrons. The lowest BCUT2D eigenvalue weighted by atomic mass is 10.00. The molecule has 26 heavy (non-hydrogen) atoms. The predicted octanol–water partition coefficient (Wildman–Crippen LogP) is 4.81. The summed E-state index contributed by atoms with van der Waals surface area (Å²) in [5, 5.41) is 3.22. The Morgan fingerprint density at radius 3 is 2.65 bits per heavy atom. The fourth-order valence-electron chi connectivity index (χ4n) is 2.57. The monoisotopic (exact) mass is 449 g/mol. The van der Waals surface area contributed by atoms with E-state index < -0.39 is 30.5 Å². The number of halogens is 6. The number of nitrogens with zero attached hydrogens (tertiary/aromatic N) is 2. The molecule has 0 bridgehead atoms. The zero-order chi connectivity index (χ0) is 19.2. The van der Waals surface area contributed by atoms with Crippen LogP contribution in [0.2, 0.25) is 5.02 Å². The quantitative estimate of drug-likeness (QED) is 0.353. The summed E-state index contributed by atoms with van der Waals surface area (Å²) in [7, 11) is 0. The Morgan fingerprint density at radius 1 is 1.31 bits per heavy atom. The molecule has 0 aliphatic heterocycles. The molecule has 1 aromatic heterocycles. The van der Waals surface area contributed by atoms with E-state index in [0.29, 0.717) is 0 Å². The summed E-state index contributed by atoms with van der Waals surface area (Å²) in [6, 6.07) is 4.37. The van der Waals surface area contributed by atoms with Crippen molar-refractivity contribution in [3.8, 4) is 0 Å². The van der Waals surface area contributed by atoms with Gasteiger partial charge in [-0.05, 0) is 40.2 Å². The first-order chi connectivity index (χ1) is 12.2. The smallest absolute Gasteiger partial charge is 0.257 e. The van der Waals surface area contributed by atoms with Crippen molar-refractivity contribution in [3.05, 3.63) is 56.7 Å². The molecule has 0 aliphatic rings. The van der Waals surface area contributed by atoms with E-state index in [1.165, 1.54) is 12.1 Å². The number of carbonyl (C=O) groups is 1. The van der Waals surface area contributed by atoms with E-state index in [0.717, 1.165) is 16.8 Å². The molecule has 10 heteroatoms. The Kier molecular flexibility index (Phi) is 4.94. The van der Waals surface area contributed by atoms with Gasteiger partial charge in [0.05, 0.1) is 21.5 Å². The fourth-order valence-corrected chi connectivity index (χ4v) is 3.55. The molecule has 0 fully saturated rings. The van der Waals surface area contributed by atoms with Crippen molar-refractivity contribution in [2.45, 2.75) is 13.0 Å². The highest BCUT2D eigenvalue weighted by Crippen LogP contribution is 2.36. The van der Waals surface area contributed by atoms with Crippen molar-refractivity contribution < 1.29 is 22.4 Å². The second-order valence-corrected chi connectivity index (χ2v) is 6.57. The first-order valence-electron chi connectivity index (χ1n) is 7.12. The van der Waals surface area contributed by atoms with Crippen LogP contribution in [-0.2, 0) is 6.54 Å². The molecule has 0 saturated carbocycles. The van der Waals surface area contributed by atoms with Crippen molar-refractivity contribution >= 4 is 49.9 Å². The zero-order valence-electron chi connectivity index (χ0n) is 12.7. The molecule has 2 N–H and O–H groups in total. The Balaban J connectivity index is 2.23. The number of nitrogen functional groups attached to an aromatic ring is 1. The van der Waals surface area contributed by atoms with E-state index in [9.17, 15) is 22.4 Å². The van der Waals surface area contributed by atoms with Crippen LogP contribution >= 0.6 is 27.5 Å². The average Bonchev–Trinajstić information content (AvgIpc) is 2.84. The number of ketones is 1. The number of aromatic nitrogens is 2. The van der Waals surface area contributed by atoms with Gasteiger partial charge in [-0.2, -0.15) is 4.39 Å². The Hall–Kier alpha value is -2.13. The lowest BCUT2D eigenvalue weighted by Gasteiger charge is -2.11. The molecule has 1 heterocycles. The fraction of sp³-hybridized carbons (Fsp3) is 0.125. The van der Waals surface area contributed by atoms with E-state index in [4.69, 9.17) is 17.3 Å². The van der Waals surface area contributed by atoms with E-state index in [1.807, 2.05) is 0 Å². The number of carbonyl (C=O) groups excluding carboxylic acids is 1. The predicted molar refractivity (Wildman–Crippen MR) is 92.6 cm³/mol. The minimum atomic E-state index is -2.76. The Morgan fingerprint density at radius 2 is 2.00 bits per heavy atom. The second kappa shape index (κ2) is 6.88. The van der Waals surface area contributed by atoms with Crippen molar-refractivity contribution in [1.29, 1.82) is 0 Å². The summed E-state index contributed by atoms with van der Waals surface area (Å²) < 4.78 is 53.6. The van der Waals surface area contributed by atoms with Gasteiger partial charge in [-0.15, -0.1) is 5.10 Å². The normalized spacial score (nSPS) is 11.5. The maximum absolute atomic E-state index is 14.2. The highest BCUT2D eigenvalue weighted by Gasteiger charge is 2.25. The first-order valence-corrected chi connectivity index (χ1v) is 8.29. The molecule has 136 valence electrons. The maximum atomic E-state index is 14.2. The molecule has 0 atom stereocenters. The topological polar surface area (TPSA) is 60.9 Å². The van der Waals surface area contributed by atoms with Crippen LogP contribution in [-0.4, -0.2) is 22.0 Å². The molecule has 0 unspecified atom stereocenters. The summed E-state index contributed by atoms with van der Waals surface area (Å²) in [6.45, 7) is -0.838. The molecule has 0 spiro atoms. The lowest BCUT2D eigenvalue weighted by molar-refractivity contribution is 0.103. The van der Waals surface area contributed by atoms with Gasteiger partial charge < -0.3 is 5.73 Å². The van der Waals surface area contributed by atoms with Crippen LogP contribution < -0.4 is 5.73 Å². The van der Waals surface area contributed by atoms with Crippen LogP contribution in [0.15, 0.2) is 28.7 Å². The van der Waals surface area contributed by atoms with Crippen LogP contribution in [0.1, 0.15) is 15.9 Å². The SMILES string of the molecule is Nc1cc2c(c(F)nn2CC(F)F)c(Br)c1C(=O)c1cc(F)ccc1Cl. The molecule has 2 aromatic carbocycles. The van der Waals surface area contributed by atoms with E-state index in [2.05, 4.69) is 21.0 Å². The van der Waals surface area contributed by atoms with Crippen LogP contribution in [0.3, 0.4) is 0 Å². The molecule has 3 rings (SSSR count). The van der Waals surface area contributed by atoms with Gasteiger partial charge in [0.25, 0.3) is 6.43 Å². The Labute approximate surface area is 157 Å². The van der Waals surface area contributed by atoms with Crippen molar-refractivity contribution in [2.24, 2.45) is 0 Å². The van der Waals surface area contributed by atoms with Gasteiger partial charge in [0.1, 0.15) is 12.4 Å². The van der Waals surface area contributed by atoms with Crippen LogP contribution in [0, 0.1) is 11.8 Å². The van der Waals surface area contributed by atoms with E-state index in [-0.39, 0.29) is 37.2 Å². The molecular formula is C16H9BrClF4N3O. The van der Waals surface area contributed by atoms with Gasteiger partial charge in [0.2, 0.25) is 5.95 Å². The third-order valence-electron chi connectivity index (χ3n) is 3.68. The first kappa shape index (κ1) is 18.7. The van der Waals surface area contributed by atoms with Gasteiger partial charge in [-0.1, -0.05) is 11.6 Å². The zero-order valence-corrected chi connectivity index (χ0v) is 15.1. The minimum absolute atomic E-state index is 0.00550. The highest BCUT2D eigenvalue weighted by atomic mass is 79.9. The van der Waals surface area contributed by atoms with Crippen LogP contribution in [0.5, 0.6) is 0 Å². The summed E-state index contributed by atoms with van der Waals surface area (Å²) >= 11 is 9.02. The Bertz CT molecular complexity index is 1040.